The molecular formula is C25H33F3N6O3. The number of aromatic nitrogens is 2. The maximum atomic E-state index is 13.6. The summed E-state index contributed by atoms with van der Waals surface area (Å²) in [6.45, 7) is 9.54. The summed E-state index contributed by atoms with van der Waals surface area (Å²) < 4.78 is 40.9. The summed E-state index contributed by atoms with van der Waals surface area (Å²) in [6.07, 6.45) is -0.902. The van der Waals surface area contributed by atoms with Crippen LogP contribution in [0, 0.1) is 34.0 Å². The molecule has 1 aromatic heterocycles. The van der Waals surface area contributed by atoms with Crippen molar-refractivity contribution in [1.82, 2.24) is 25.3 Å². The lowest BCUT2D eigenvalue weighted by atomic mass is 9.85. The standard InChI is InChI=1S/C25H33F3N6O3/c1-23(2,3)19(32-22(37)25(26,27)28)21(36)33-12-14-17(24(14,4)5)18(33)20(35)31-15(10-29)13-11-30-34-9-7-6-8-16(13)34/h11,14-15,17-19H,6-9,12H2,1-5H3,(H,31,35)(H,32,37)/t14-,15?,17-,18-,19+/m0/s1. The summed E-state index contributed by atoms with van der Waals surface area (Å²) in [5.74, 6) is -3.72. The number of amides is 3. The third-order valence-corrected chi connectivity index (χ3v) is 8.15. The molecule has 1 aliphatic carbocycles. The van der Waals surface area contributed by atoms with Gasteiger partial charge in [0.2, 0.25) is 11.8 Å². The number of nitrogens with one attached hydrogen (secondary N) is 2. The smallest absolute Gasteiger partial charge is 0.336 e. The molecule has 0 aromatic carbocycles. The average Bonchev–Trinajstić information content (AvgIpc) is 3.19. The number of carbonyl (C=O) groups is 3. The lowest BCUT2D eigenvalue weighted by molar-refractivity contribution is -0.176. The first-order valence-electron chi connectivity index (χ1n) is 12.5. The molecule has 0 spiro atoms. The van der Waals surface area contributed by atoms with Crippen molar-refractivity contribution >= 4 is 17.7 Å². The van der Waals surface area contributed by atoms with E-state index in [1.54, 1.807) is 27.0 Å². The Morgan fingerprint density at radius 2 is 1.86 bits per heavy atom. The third kappa shape index (κ3) is 4.80. The molecule has 2 N–H and O–H groups in total. The van der Waals surface area contributed by atoms with Crippen LogP contribution < -0.4 is 10.6 Å². The molecule has 1 unspecified atom stereocenters. The number of likely N-dealkylation sites (tertiary alicyclic amines) is 1. The second kappa shape index (κ2) is 9.03. The van der Waals surface area contributed by atoms with Gasteiger partial charge in [-0.1, -0.05) is 34.6 Å². The van der Waals surface area contributed by atoms with Gasteiger partial charge in [0.25, 0.3) is 0 Å². The van der Waals surface area contributed by atoms with Gasteiger partial charge in [0.15, 0.2) is 0 Å². The highest BCUT2D eigenvalue weighted by Crippen LogP contribution is 2.65. The molecule has 0 bridgehead atoms. The number of hydrogen-bond donors (Lipinski definition) is 2. The van der Waals surface area contributed by atoms with Crippen molar-refractivity contribution in [3.05, 3.63) is 17.5 Å². The van der Waals surface area contributed by atoms with Gasteiger partial charge in [-0.15, -0.1) is 0 Å². The van der Waals surface area contributed by atoms with Gasteiger partial charge in [-0.25, -0.2) is 0 Å². The van der Waals surface area contributed by atoms with Gasteiger partial charge in [0.05, 0.1) is 12.3 Å². The minimum Gasteiger partial charge on any atom is -0.336 e. The summed E-state index contributed by atoms with van der Waals surface area (Å²) in [4.78, 5) is 40.2. The van der Waals surface area contributed by atoms with Crippen LogP contribution >= 0.6 is 0 Å². The normalized spacial score (nSPS) is 25.8. The van der Waals surface area contributed by atoms with Crippen molar-refractivity contribution < 1.29 is 27.6 Å². The van der Waals surface area contributed by atoms with Crippen molar-refractivity contribution in [1.29, 1.82) is 5.26 Å². The zero-order valence-corrected chi connectivity index (χ0v) is 21.6. The zero-order chi connectivity index (χ0) is 27.5. The number of rotatable bonds is 5. The summed E-state index contributed by atoms with van der Waals surface area (Å²) in [5.41, 5.74) is 0.214. The number of hydrogen-bond acceptors (Lipinski definition) is 5. The van der Waals surface area contributed by atoms with Crippen LogP contribution in [0.15, 0.2) is 6.20 Å². The Hall–Kier alpha value is -3.10. The van der Waals surface area contributed by atoms with Crippen LogP contribution in [0.5, 0.6) is 0 Å². The van der Waals surface area contributed by atoms with E-state index in [0.29, 0.717) is 5.56 Å². The van der Waals surface area contributed by atoms with E-state index in [2.05, 4.69) is 16.5 Å². The largest absolute Gasteiger partial charge is 0.471 e. The zero-order valence-electron chi connectivity index (χ0n) is 21.6. The maximum absolute atomic E-state index is 13.6. The van der Waals surface area contributed by atoms with Gasteiger partial charge in [-0.2, -0.15) is 23.5 Å². The predicted octanol–water partition coefficient (Wildman–Crippen LogP) is 2.48. The van der Waals surface area contributed by atoms with Gasteiger partial charge >= 0.3 is 12.1 Å². The van der Waals surface area contributed by atoms with Crippen LogP contribution in [-0.4, -0.2) is 57.2 Å². The molecular weight excluding hydrogens is 489 g/mol. The number of carbonyl (C=O) groups excluding carboxylic acids is 3. The molecule has 9 nitrogen and oxygen atoms in total. The van der Waals surface area contributed by atoms with Gasteiger partial charge < -0.3 is 15.5 Å². The quantitative estimate of drug-likeness (QED) is 0.616. The molecule has 2 aliphatic heterocycles. The van der Waals surface area contributed by atoms with Gasteiger partial charge in [-0.05, 0) is 41.9 Å². The number of alkyl halides is 3. The van der Waals surface area contributed by atoms with E-state index in [0.717, 1.165) is 31.5 Å². The second-order valence-electron chi connectivity index (χ2n) is 12.0. The van der Waals surface area contributed by atoms with Crippen molar-refractivity contribution in [2.24, 2.45) is 22.7 Å². The average molecular weight is 523 g/mol. The minimum atomic E-state index is -5.15. The second-order valence-corrected chi connectivity index (χ2v) is 12.0. The molecule has 5 atom stereocenters. The Bertz CT molecular complexity index is 1150. The number of aryl methyl sites for hydroxylation is 1. The Morgan fingerprint density at radius 1 is 1.19 bits per heavy atom. The van der Waals surface area contributed by atoms with Crippen LogP contribution in [0.1, 0.15) is 64.8 Å². The highest BCUT2D eigenvalue weighted by Gasteiger charge is 2.70. The molecule has 3 heterocycles. The van der Waals surface area contributed by atoms with Crippen LogP contribution in [0.25, 0.3) is 0 Å². The Balaban J connectivity index is 1.59. The molecule has 12 heteroatoms. The van der Waals surface area contributed by atoms with Crippen molar-refractivity contribution in [2.75, 3.05) is 6.54 Å². The fourth-order valence-corrected chi connectivity index (χ4v) is 5.93. The first kappa shape index (κ1) is 26.9. The molecule has 1 aromatic rings. The summed E-state index contributed by atoms with van der Waals surface area (Å²) >= 11 is 0. The topological polar surface area (TPSA) is 120 Å². The van der Waals surface area contributed by atoms with Crippen LogP contribution in [0.2, 0.25) is 0 Å². The molecule has 37 heavy (non-hydrogen) atoms. The number of fused-ring (bicyclic) bond motifs is 2. The van der Waals surface area contributed by atoms with Gasteiger partial charge in [0, 0.05) is 24.3 Å². The van der Waals surface area contributed by atoms with E-state index >= 15 is 0 Å². The highest BCUT2D eigenvalue weighted by atomic mass is 19.4. The van der Waals surface area contributed by atoms with Crippen LogP contribution in [-0.2, 0) is 27.3 Å². The molecule has 1 saturated carbocycles. The third-order valence-electron chi connectivity index (χ3n) is 8.15. The monoisotopic (exact) mass is 522 g/mol. The van der Waals surface area contributed by atoms with E-state index in [1.807, 2.05) is 23.8 Å². The van der Waals surface area contributed by atoms with E-state index in [1.165, 1.54) is 4.90 Å². The molecule has 3 amide bonds. The van der Waals surface area contributed by atoms with Gasteiger partial charge in [-0.3, -0.25) is 19.1 Å². The number of halogens is 3. The van der Waals surface area contributed by atoms with E-state index in [-0.39, 0.29) is 23.8 Å². The minimum absolute atomic E-state index is 0.0180. The fourth-order valence-electron chi connectivity index (χ4n) is 5.93. The number of piperidine rings is 1. The lowest BCUT2D eigenvalue weighted by Gasteiger charge is -2.37. The van der Waals surface area contributed by atoms with Crippen molar-refractivity contribution in [3.63, 3.8) is 0 Å². The number of nitriles is 1. The fraction of sp³-hybridized carbons (Fsp3) is 0.720. The molecule has 4 rings (SSSR count). The Labute approximate surface area is 213 Å². The van der Waals surface area contributed by atoms with E-state index < -0.39 is 47.4 Å². The lowest BCUT2D eigenvalue weighted by Crippen LogP contribution is -2.60. The number of nitrogens with zero attached hydrogens (tertiary/aromatic N) is 4. The highest BCUT2D eigenvalue weighted by molar-refractivity contribution is 5.95. The first-order chi connectivity index (χ1) is 17.1. The maximum Gasteiger partial charge on any atom is 0.471 e. The van der Waals surface area contributed by atoms with Gasteiger partial charge in [0.1, 0.15) is 18.1 Å². The molecule has 2 fully saturated rings. The van der Waals surface area contributed by atoms with E-state index in [9.17, 15) is 32.8 Å². The molecule has 1 saturated heterocycles. The van der Waals surface area contributed by atoms with E-state index in [4.69, 9.17) is 0 Å². The summed E-state index contributed by atoms with van der Waals surface area (Å²) in [6, 6.07) is -1.32. The van der Waals surface area contributed by atoms with Crippen molar-refractivity contribution in [3.8, 4) is 6.07 Å². The van der Waals surface area contributed by atoms with Crippen molar-refractivity contribution in [2.45, 2.75) is 84.7 Å². The molecule has 0 radical (unpaired) electrons. The summed E-state index contributed by atoms with van der Waals surface area (Å²) in [7, 11) is 0. The SMILES string of the molecule is CC(C)(C)[C@H](NC(=O)C(F)(F)F)C(=O)N1C[C@H]2[C@@H]([C@H]1C(=O)NC(C#N)c1cnn3c1CCCC3)C2(C)C. The Morgan fingerprint density at radius 3 is 2.46 bits per heavy atom. The van der Waals surface area contributed by atoms with Crippen LogP contribution in [0.4, 0.5) is 13.2 Å². The first-order valence-corrected chi connectivity index (χ1v) is 12.5. The van der Waals surface area contributed by atoms with Crippen LogP contribution in [0.3, 0.4) is 0 Å². The predicted molar refractivity (Wildman–Crippen MR) is 125 cm³/mol. The Kier molecular flexibility index (Phi) is 6.57. The summed E-state index contributed by atoms with van der Waals surface area (Å²) in [5, 5.41) is 18.8. The molecule has 202 valence electrons. The molecule has 3 aliphatic rings.